The van der Waals surface area contributed by atoms with Crippen LogP contribution < -0.4 is 10.6 Å². The summed E-state index contributed by atoms with van der Waals surface area (Å²) in [6.45, 7) is 3.66. The molecule has 0 saturated heterocycles. The van der Waals surface area contributed by atoms with E-state index in [0.717, 1.165) is 0 Å². The Labute approximate surface area is 134 Å². The molecule has 2 N–H and O–H groups in total. The number of nitrogens with one attached hydrogen (secondary N) is 1. The lowest BCUT2D eigenvalue weighted by molar-refractivity contribution is -0.125. The molecule has 1 aromatic carbocycles. The first-order valence-electron chi connectivity index (χ1n) is 7.31. The number of anilines is 1. The van der Waals surface area contributed by atoms with Gasteiger partial charge in [-0.25, -0.2) is 0 Å². The van der Waals surface area contributed by atoms with Gasteiger partial charge in [-0.3, -0.25) is 9.36 Å². The number of amidine groups is 1. The van der Waals surface area contributed by atoms with Crippen LogP contribution in [-0.4, -0.2) is 41.4 Å². The third kappa shape index (κ3) is 2.36. The number of nitrogens with zero attached hydrogens (tertiary/aromatic N) is 2. The molecule has 0 spiro atoms. The van der Waals surface area contributed by atoms with E-state index in [9.17, 15) is 14.5 Å². The summed E-state index contributed by atoms with van der Waals surface area (Å²) in [6.07, 6.45) is 0. The molecule has 8 heteroatoms. The van der Waals surface area contributed by atoms with E-state index in [-0.39, 0.29) is 29.7 Å². The molecule has 1 unspecified atom stereocenters. The fraction of sp³-hybridized carbons (Fsp3) is 0.333. The lowest BCUT2D eigenvalue weighted by Gasteiger charge is -2.24. The zero-order chi connectivity index (χ0) is 16.8. The van der Waals surface area contributed by atoms with Crippen molar-refractivity contribution in [1.29, 1.82) is 0 Å². The lowest BCUT2D eigenvalue weighted by Crippen LogP contribution is -2.32. The van der Waals surface area contributed by atoms with Gasteiger partial charge in [0.25, 0.3) is 5.91 Å². The molecule has 0 aliphatic carbocycles. The fourth-order valence-electron chi connectivity index (χ4n) is 2.63. The molecule has 7 nitrogen and oxygen atoms in total. The Morgan fingerprint density at radius 1 is 1.43 bits per heavy atom. The maximum atomic E-state index is 13.1. The Balaban J connectivity index is 2.14. The van der Waals surface area contributed by atoms with Crippen molar-refractivity contribution in [3.8, 4) is 0 Å². The van der Waals surface area contributed by atoms with Crippen molar-refractivity contribution in [3.63, 3.8) is 0 Å². The summed E-state index contributed by atoms with van der Waals surface area (Å²) in [5.41, 5.74) is 0.596. The molecule has 0 bridgehead atoms. The van der Waals surface area contributed by atoms with Crippen LogP contribution in [0, 0.1) is 0 Å². The first kappa shape index (κ1) is 15.8. The van der Waals surface area contributed by atoms with E-state index in [2.05, 4.69) is 10.1 Å². The largest absolute Gasteiger partial charge is 0.509 e. The number of likely N-dealkylation sites (N-methyl/N-ethyl adjacent to an activating group) is 1. The second-order valence-corrected chi connectivity index (χ2v) is 7.36. The molecule has 2 heterocycles. The molecule has 2 aliphatic heterocycles. The summed E-state index contributed by atoms with van der Waals surface area (Å²) in [7, 11) is -1.90. The predicted octanol–water partition coefficient (Wildman–Crippen LogP) is 2.04. The van der Waals surface area contributed by atoms with Gasteiger partial charge < -0.3 is 19.8 Å². The molecular weight excluding hydrogens is 317 g/mol. The number of rotatable bonds is 3. The number of aliphatic hydroxyl groups is 1. The van der Waals surface area contributed by atoms with Gasteiger partial charge in [0, 0.05) is 7.05 Å². The molecule has 3 rings (SSSR count). The SMILES string of the molecule is CCOP1(=O)N=C(C2=C(O)[C@H](C)N(C)C2=O)Nc2ccccc21. The molecule has 1 aromatic rings. The predicted molar refractivity (Wildman–Crippen MR) is 88.3 cm³/mol. The van der Waals surface area contributed by atoms with Crippen LogP contribution in [0.1, 0.15) is 13.8 Å². The molecule has 0 saturated carbocycles. The third-order valence-electron chi connectivity index (χ3n) is 4.00. The monoisotopic (exact) mass is 335 g/mol. The van der Waals surface area contributed by atoms with E-state index >= 15 is 0 Å². The molecule has 2 atom stereocenters. The minimum Gasteiger partial charge on any atom is -0.509 e. The van der Waals surface area contributed by atoms with Gasteiger partial charge in [-0.15, -0.1) is 0 Å². The molecule has 0 fully saturated rings. The Kier molecular flexibility index (Phi) is 3.78. The summed E-state index contributed by atoms with van der Waals surface area (Å²) in [5.74, 6) is -0.381. The summed E-state index contributed by atoms with van der Waals surface area (Å²) in [6, 6.07) is 6.49. The fourth-order valence-corrected chi connectivity index (χ4v) is 4.40. The Morgan fingerprint density at radius 3 is 2.74 bits per heavy atom. The smallest absolute Gasteiger partial charge is 0.348 e. The number of carbonyl (C=O) groups excluding carboxylic acids is 1. The van der Waals surface area contributed by atoms with Crippen molar-refractivity contribution < 1.29 is 19.0 Å². The van der Waals surface area contributed by atoms with E-state index < -0.39 is 13.6 Å². The highest BCUT2D eigenvalue weighted by molar-refractivity contribution is 7.66. The molecule has 2 aliphatic rings. The normalized spacial score (nSPS) is 26.9. The van der Waals surface area contributed by atoms with Crippen molar-refractivity contribution in [2.45, 2.75) is 19.9 Å². The molecule has 0 aromatic heterocycles. The summed E-state index contributed by atoms with van der Waals surface area (Å²) < 4.78 is 22.7. The highest BCUT2D eigenvalue weighted by Crippen LogP contribution is 2.52. The average Bonchev–Trinajstić information content (AvgIpc) is 2.71. The van der Waals surface area contributed by atoms with E-state index in [0.29, 0.717) is 11.0 Å². The van der Waals surface area contributed by atoms with Gasteiger partial charge in [0.1, 0.15) is 11.3 Å². The quantitative estimate of drug-likeness (QED) is 0.825. The highest BCUT2D eigenvalue weighted by Gasteiger charge is 2.41. The first-order valence-corrected chi connectivity index (χ1v) is 8.89. The van der Waals surface area contributed by atoms with Crippen LogP contribution in [-0.2, 0) is 13.9 Å². The van der Waals surface area contributed by atoms with Crippen LogP contribution in [0.15, 0.2) is 40.4 Å². The first-order chi connectivity index (χ1) is 10.9. The number of benzene rings is 1. The van der Waals surface area contributed by atoms with Crippen LogP contribution >= 0.6 is 7.52 Å². The number of amides is 1. The number of para-hydroxylation sites is 1. The number of hydrogen-bond donors (Lipinski definition) is 2. The summed E-state index contributed by atoms with van der Waals surface area (Å²) in [5, 5.41) is 13.7. The third-order valence-corrected chi connectivity index (χ3v) is 6.07. The molecular formula is C15H18N3O4P. The topological polar surface area (TPSA) is 91.2 Å². The van der Waals surface area contributed by atoms with Crippen LogP contribution in [0.2, 0.25) is 0 Å². The van der Waals surface area contributed by atoms with Gasteiger partial charge in [-0.05, 0) is 26.0 Å². The maximum absolute atomic E-state index is 13.1. The minimum atomic E-state index is -3.50. The number of fused-ring (bicyclic) bond motifs is 1. The van der Waals surface area contributed by atoms with Gasteiger partial charge in [0.2, 0.25) is 0 Å². The van der Waals surface area contributed by atoms with Crippen molar-refractivity contribution in [2.75, 3.05) is 19.0 Å². The zero-order valence-electron chi connectivity index (χ0n) is 13.1. The van der Waals surface area contributed by atoms with Crippen molar-refractivity contribution in [3.05, 3.63) is 35.6 Å². The second kappa shape index (κ2) is 5.51. The maximum Gasteiger partial charge on any atom is 0.348 e. The number of aliphatic hydroxyl groups excluding tert-OH is 1. The Bertz CT molecular complexity index is 787. The highest BCUT2D eigenvalue weighted by atomic mass is 31.2. The van der Waals surface area contributed by atoms with Crippen LogP contribution in [0.4, 0.5) is 5.69 Å². The van der Waals surface area contributed by atoms with Crippen molar-refractivity contribution >= 4 is 30.3 Å². The Hall–Kier alpha value is -2.11. The van der Waals surface area contributed by atoms with E-state index in [4.69, 9.17) is 4.52 Å². The Morgan fingerprint density at radius 2 is 2.13 bits per heavy atom. The lowest BCUT2D eigenvalue weighted by atomic mass is 10.2. The molecule has 0 radical (unpaired) electrons. The minimum absolute atomic E-state index is 0.0365. The molecule has 1 amide bonds. The van der Waals surface area contributed by atoms with Gasteiger partial charge in [-0.2, -0.15) is 4.76 Å². The van der Waals surface area contributed by atoms with Gasteiger partial charge in [0.05, 0.1) is 23.6 Å². The van der Waals surface area contributed by atoms with Gasteiger partial charge in [0.15, 0.2) is 5.84 Å². The summed E-state index contributed by atoms with van der Waals surface area (Å²) in [4.78, 5) is 13.8. The average molecular weight is 335 g/mol. The standard InChI is InChI=1S/C15H18N3O4P/c1-4-22-23(21)11-8-6-5-7-10(11)16-14(17-23)12-13(19)9(2)18(3)15(12)20/h5-9,19H,4H2,1-3H3,(H,16,17,21)/t9-,23?/m0/s1. The van der Waals surface area contributed by atoms with Gasteiger partial charge >= 0.3 is 7.52 Å². The van der Waals surface area contributed by atoms with Crippen molar-refractivity contribution in [1.82, 2.24) is 4.90 Å². The van der Waals surface area contributed by atoms with Crippen molar-refractivity contribution in [2.24, 2.45) is 4.76 Å². The number of carbonyl (C=O) groups is 1. The number of hydrogen-bond acceptors (Lipinski definition) is 5. The summed E-state index contributed by atoms with van der Waals surface area (Å²) >= 11 is 0. The molecule has 23 heavy (non-hydrogen) atoms. The van der Waals surface area contributed by atoms with Crippen LogP contribution in [0.5, 0.6) is 0 Å². The second-order valence-electron chi connectivity index (χ2n) is 5.38. The van der Waals surface area contributed by atoms with Gasteiger partial charge in [-0.1, -0.05) is 12.1 Å². The van der Waals surface area contributed by atoms with E-state index in [1.54, 1.807) is 45.2 Å². The van der Waals surface area contributed by atoms with E-state index in [1.165, 1.54) is 4.90 Å². The van der Waals surface area contributed by atoms with E-state index in [1.807, 2.05) is 0 Å². The van der Waals surface area contributed by atoms with Crippen LogP contribution in [0.25, 0.3) is 0 Å². The molecule has 122 valence electrons. The van der Waals surface area contributed by atoms with Crippen LogP contribution in [0.3, 0.4) is 0 Å². The zero-order valence-corrected chi connectivity index (χ0v) is 14.0.